The Bertz CT molecular complexity index is 944. The molecule has 0 spiro atoms. The SMILES string of the molecule is CC(=O)c1ccccc1-c1cccc(C(=O)N[C@@H](CC(C)C)C(=O)NCC#N)c1. The zero-order valence-electron chi connectivity index (χ0n) is 16.9. The van der Waals surface area contributed by atoms with E-state index in [0.717, 1.165) is 11.1 Å². The lowest BCUT2D eigenvalue weighted by molar-refractivity contribution is -0.123. The van der Waals surface area contributed by atoms with Crippen LogP contribution >= 0.6 is 0 Å². The Balaban J connectivity index is 2.27. The molecule has 0 radical (unpaired) electrons. The predicted octanol–water partition coefficient (Wildman–Crippen LogP) is 3.34. The molecule has 6 nitrogen and oxygen atoms in total. The molecule has 2 aromatic carbocycles. The van der Waals surface area contributed by atoms with Crippen LogP contribution < -0.4 is 10.6 Å². The second-order valence-electron chi connectivity index (χ2n) is 7.21. The van der Waals surface area contributed by atoms with E-state index in [0.29, 0.717) is 17.5 Å². The molecular formula is C23H25N3O3. The first kappa shape index (κ1) is 21.8. The van der Waals surface area contributed by atoms with Crippen molar-refractivity contribution in [2.24, 2.45) is 5.92 Å². The zero-order valence-corrected chi connectivity index (χ0v) is 16.9. The molecule has 0 saturated heterocycles. The summed E-state index contributed by atoms with van der Waals surface area (Å²) in [5, 5.41) is 13.9. The van der Waals surface area contributed by atoms with Gasteiger partial charge in [-0.3, -0.25) is 14.4 Å². The minimum Gasteiger partial charge on any atom is -0.341 e. The number of carbonyl (C=O) groups is 3. The van der Waals surface area contributed by atoms with E-state index in [2.05, 4.69) is 10.6 Å². The monoisotopic (exact) mass is 391 g/mol. The molecule has 1 atom stereocenters. The number of carbonyl (C=O) groups excluding carboxylic acids is 3. The van der Waals surface area contributed by atoms with Crippen molar-refractivity contribution in [3.63, 3.8) is 0 Å². The molecule has 0 unspecified atom stereocenters. The number of Topliss-reactive ketones (excluding diaryl/α,β-unsaturated/α-hetero) is 1. The number of ketones is 1. The number of nitrogens with zero attached hydrogens (tertiary/aromatic N) is 1. The van der Waals surface area contributed by atoms with Crippen LogP contribution in [0.15, 0.2) is 48.5 Å². The van der Waals surface area contributed by atoms with Crippen LogP contribution in [0.2, 0.25) is 0 Å². The Morgan fingerprint density at radius 3 is 2.45 bits per heavy atom. The van der Waals surface area contributed by atoms with E-state index >= 15 is 0 Å². The fourth-order valence-corrected chi connectivity index (χ4v) is 3.06. The largest absolute Gasteiger partial charge is 0.341 e. The van der Waals surface area contributed by atoms with E-state index in [9.17, 15) is 14.4 Å². The van der Waals surface area contributed by atoms with Crippen molar-refractivity contribution in [2.75, 3.05) is 6.54 Å². The molecule has 0 saturated carbocycles. The molecule has 0 aliphatic heterocycles. The van der Waals surface area contributed by atoms with Crippen LogP contribution in [0.25, 0.3) is 11.1 Å². The highest BCUT2D eigenvalue weighted by molar-refractivity contribution is 6.02. The van der Waals surface area contributed by atoms with Gasteiger partial charge in [0.25, 0.3) is 5.91 Å². The maximum absolute atomic E-state index is 12.8. The Kier molecular flexibility index (Phi) is 7.67. The second-order valence-corrected chi connectivity index (χ2v) is 7.21. The van der Waals surface area contributed by atoms with Crippen molar-refractivity contribution in [1.29, 1.82) is 5.26 Å². The third-order valence-corrected chi connectivity index (χ3v) is 4.41. The number of nitriles is 1. The molecule has 6 heteroatoms. The van der Waals surface area contributed by atoms with Gasteiger partial charge in [-0.2, -0.15) is 5.26 Å². The first-order valence-corrected chi connectivity index (χ1v) is 9.49. The van der Waals surface area contributed by atoms with Crippen LogP contribution in [-0.4, -0.2) is 30.2 Å². The highest BCUT2D eigenvalue weighted by atomic mass is 16.2. The van der Waals surface area contributed by atoms with Gasteiger partial charge in [0.2, 0.25) is 5.91 Å². The molecule has 2 amide bonds. The smallest absolute Gasteiger partial charge is 0.251 e. The standard InChI is InChI=1S/C23H25N3O3/c1-15(2)13-21(23(29)25-12-11-24)26-22(28)18-8-6-7-17(14-18)20-10-5-4-9-19(20)16(3)27/h4-10,14-15,21H,12-13H2,1-3H3,(H,25,29)(H,26,28)/t21-/m0/s1. The molecule has 0 bridgehead atoms. The van der Waals surface area contributed by atoms with E-state index in [4.69, 9.17) is 5.26 Å². The number of hydrogen-bond acceptors (Lipinski definition) is 4. The van der Waals surface area contributed by atoms with Gasteiger partial charge in [0.05, 0.1) is 6.07 Å². The van der Waals surface area contributed by atoms with Crippen LogP contribution in [0.5, 0.6) is 0 Å². The summed E-state index contributed by atoms with van der Waals surface area (Å²) in [5.74, 6) is -0.639. The minimum atomic E-state index is -0.732. The molecule has 2 N–H and O–H groups in total. The van der Waals surface area contributed by atoms with E-state index < -0.39 is 6.04 Å². The van der Waals surface area contributed by atoms with Crippen molar-refractivity contribution in [3.8, 4) is 17.2 Å². The van der Waals surface area contributed by atoms with E-state index in [-0.39, 0.29) is 30.1 Å². The summed E-state index contributed by atoms with van der Waals surface area (Å²) in [6.45, 7) is 5.30. The van der Waals surface area contributed by atoms with Crippen molar-refractivity contribution in [1.82, 2.24) is 10.6 Å². The molecule has 0 aromatic heterocycles. The van der Waals surface area contributed by atoms with Crippen LogP contribution in [-0.2, 0) is 4.79 Å². The fraction of sp³-hybridized carbons (Fsp3) is 0.304. The summed E-state index contributed by atoms with van der Waals surface area (Å²) in [6, 6.07) is 15.3. The molecule has 29 heavy (non-hydrogen) atoms. The number of hydrogen-bond donors (Lipinski definition) is 2. The highest BCUT2D eigenvalue weighted by Gasteiger charge is 2.22. The molecule has 0 aliphatic rings. The number of nitrogens with one attached hydrogen (secondary N) is 2. The van der Waals surface area contributed by atoms with Crippen LogP contribution in [0.3, 0.4) is 0 Å². The third-order valence-electron chi connectivity index (χ3n) is 4.41. The van der Waals surface area contributed by atoms with E-state index in [1.165, 1.54) is 6.92 Å². The quantitative estimate of drug-likeness (QED) is 0.532. The topological polar surface area (TPSA) is 99.1 Å². The van der Waals surface area contributed by atoms with Crippen molar-refractivity contribution in [2.45, 2.75) is 33.2 Å². The van der Waals surface area contributed by atoms with E-state index in [1.54, 1.807) is 30.3 Å². The van der Waals surface area contributed by atoms with Crippen LogP contribution in [0, 0.1) is 17.2 Å². The third kappa shape index (κ3) is 6.01. The Morgan fingerprint density at radius 2 is 1.79 bits per heavy atom. The maximum atomic E-state index is 12.8. The van der Waals surface area contributed by atoms with Crippen molar-refractivity contribution >= 4 is 17.6 Å². The lowest BCUT2D eigenvalue weighted by Crippen LogP contribution is -2.47. The summed E-state index contributed by atoms with van der Waals surface area (Å²) in [4.78, 5) is 37.0. The first-order valence-electron chi connectivity index (χ1n) is 9.49. The summed E-state index contributed by atoms with van der Waals surface area (Å²) >= 11 is 0. The van der Waals surface area contributed by atoms with Crippen LogP contribution in [0.4, 0.5) is 0 Å². The maximum Gasteiger partial charge on any atom is 0.251 e. The summed E-state index contributed by atoms with van der Waals surface area (Å²) in [5.41, 5.74) is 2.47. The number of benzene rings is 2. The van der Waals surface area contributed by atoms with E-state index in [1.807, 2.05) is 38.1 Å². The van der Waals surface area contributed by atoms with Gasteiger partial charge in [-0.15, -0.1) is 0 Å². The van der Waals surface area contributed by atoms with Gasteiger partial charge in [-0.25, -0.2) is 0 Å². The van der Waals surface area contributed by atoms with Crippen molar-refractivity contribution in [3.05, 3.63) is 59.7 Å². The van der Waals surface area contributed by atoms with Gasteiger partial charge >= 0.3 is 0 Å². The number of rotatable bonds is 8. The number of amides is 2. The molecule has 150 valence electrons. The lowest BCUT2D eigenvalue weighted by Gasteiger charge is -2.20. The Morgan fingerprint density at radius 1 is 1.07 bits per heavy atom. The van der Waals surface area contributed by atoms with Gasteiger partial charge in [0, 0.05) is 11.1 Å². The fourth-order valence-electron chi connectivity index (χ4n) is 3.06. The molecule has 0 heterocycles. The van der Waals surface area contributed by atoms with Crippen LogP contribution in [0.1, 0.15) is 47.9 Å². The van der Waals surface area contributed by atoms with Crippen molar-refractivity contribution < 1.29 is 14.4 Å². The summed E-state index contributed by atoms with van der Waals surface area (Å²) < 4.78 is 0. The average Bonchev–Trinajstić information content (AvgIpc) is 2.71. The minimum absolute atomic E-state index is 0.0541. The lowest BCUT2D eigenvalue weighted by atomic mass is 9.96. The first-order chi connectivity index (χ1) is 13.8. The van der Waals surface area contributed by atoms with Gasteiger partial charge < -0.3 is 10.6 Å². The average molecular weight is 391 g/mol. The predicted molar refractivity (Wildman–Crippen MR) is 111 cm³/mol. The molecule has 2 rings (SSSR count). The normalized spacial score (nSPS) is 11.4. The summed E-state index contributed by atoms with van der Waals surface area (Å²) in [7, 11) is 0. The van der Waals surface area contributed by atoms with Gasteiger partial charge in [0.15, 0.2) is 5.78 Å². The molecular weight excluding hydrogens is 366 g/mol. The molecule has 2 aromatic rings. The Hall–Kier alpha value is -3.46. The highest BCUT2D eigenvalue weighted by Crippen LogP contribution is 2.25. The Labute approximate surface area is 170 Å². The summed E-state index contributed by atoms with van der Waals surface area (Å²) in [6.07, 6.45) is 0.454. The second kappa shape index (κ2) is 10.2. The zero-order chi connectivity index (χ0) is 21.4. The van der Waals surface area contributed by atoms with Gasteiger partial charge in [0.1, 0.15) is 12.6 Å². The molecule has 0 aliphatic carbocycles. The molecule has 0 fully saturated rings. The van der Waals surface area contributed by atoms with Gasteiger partial charge in [-0.05, 0) is 42.5 Å². The van der Waals surface area contributed by atoms with Gasteiger partial charge in [-0.1, -0.05) is 50.2 Å².